The highest BCUT2D eigenvalue weighted by Gasteiger charge is 2.09. The van der Waals surface area contributed by atoms with Crippen molar-refractivity contribution in [3.05, 3.63) is 34.2 Å². The van der Waals surface area contributed by atoms with Crippen molar-refractivity contribution < 1.29 is 9.53 Å². The fourth-order valence-electron chi connectivity index (χ4n) is 1.40. The summed E-state index contributed by atoms with van der Waals surface area (Å²) in [5.41, 5.74) is 0.381. The maximum Gasteiger partial charge on any atom is 0.254 e. The van der Waals surface area contributed by atoms with Crippen LogP contribution < -0.4 is 5.56 Å². The Morgan fingerprint density at radius 3 is 2.71 bits per heavy atom. The Bertz CT molecular complexity index is 438. The molecule has 0 unspecified atom stereocenters. The molecule has 1 aromatic heterocycles. The minimum Gasteiger partial charge on any atom is -0.380 e. The van der Waals surface area contributed by atoms with Crippen LogP contribution in [-0.2, 0) is 11.3 Å². The molecule has 0 fully saturated rings. The van der Waals surface area contributed by atoms with Gasteiger partial charge in [0.05, 0.1) is 12.2 Å². The molecule has 1 rings (SSSR count). The summed E-state index contributed by atoms with van der Waals surface area (Å²) >= 11 is 0. The highest BCUT2D eigenvalue weighted by atomic mass is 16.5. The Morgan fingerprint density at radius 2 is 2.12 bits per heavy atom. The number of hydrogen-bond acceptors (Lipinski definition) is 3. The summed E-state index contributed by atoms with van der Waals surface area (Å²) in [5.74, 6) is -0.116. The molecule has 0 atom stereocenters. The highest BCUT2D eigenvalue weighted by molar-refractivity contribution is 5.93. The zero-order valence-corrected chi connectivity index (χ0v) is 10.5. The molecule has 1 heterocycles. The maximum atomic E-state index is 11.7. The van der Waals surface area contributed by atoms with E-state index in [0.717, 1.165) is 0 Å². The van der Waals surface area contributed by atoms with Crippen LogP contribution >= 0.6 is 0 Å². The molecular weight excluding hydrogens is 220 g/mol. The Labute approximate surface area is 101 Å². The van der Waals surface area contributed by atoms with Crippen LogP contribution in [0.2, 0.25) is 0 Å². The van der Waals surface area contributed by atoms with Crippen molar-refractivity contribution in [2.45, 2.75) is 13.5 Å². The first-order valence-corrected chi connectivity index (χ1v) is 5.56. The van der Waals surface area contributed by atoms with Gasteiger partial charge in [0.25, 0.3) is 11.5 Å². The summed E-state index contributed by atoms with van der Waals surface area (Å²) in [5, 5.41) is 0. The zero-order valence-electron chi connectivity index (χ0n) is 10.5. The van der Waals surface area contributed by atoms with Gasteiger partial charge in [-0.05, 0) is 13.0 Å². The van der Waals surface area contributed by atoms with Crippen molar-refractivity contribution >= 4 is 5.91 Å². The number of pyridine rings is 1. The Kier molecular flexibility index (Phi) is 4.90. The third-order valence-corrected chi connectivity index (χ3v) is 2.32. The van der Waals surface area contributed by atoms with E-state index in [2.05, 4.69) is 0 Å². The third kappa shape index (κ3) is 3.71. The van der Waals surface area contributed by atoms with Crippen molar-refractivity contribution in [3.8, 4) is 0 Å². The van der Waals surface area contributed by atoms with Gasteiger partial charge in [-0.3, -0.25) is 9.59 Å². The van der Waals surface area contributed by atoms with E-state index < -0.39 is 0 Å². The first kappa shape index (κ1) is 13.4. The van der Waals surface area contributed by atoms with E-state index >= 15 is 0 Å². The van der Waals surface area contributed by atoms with E-state index in [1.165, 1.54) is 15.5 Å². The lowest BCUT2D eigenvalue weighted by molar-refractivity contribution is 0.0826. The summed E-state index contributed by atoms with van der Waals surface area (Å²) < 4.78 is 6.68. The number of hydrogen-bond donors (Lipinski definition) is 0. The normalized spacial score (nSPS) is 10.3. The average Bonchev–Trinajstić information content (AvgIpc) is 2.30. The predicted octanol–water partition coefficient (Wildman–Crippen LogP) is 0.587. The van der Waals surface area contributed by atoms with Gasteiger partial charge < -0.3 is 14.2 Å². The van der Waals surface area contributed by atoms with Crippen LogP contribution in [0.3, 0.4) is 0 Å². The molecule has 0 saturated carbocycles. The molecule has 0 spiro atoms. The molecule has 0 saturated heterocycles. The monoisotopic (exact) mass is 238 g/mol. The quantitative estimate of drug-likeness (QED) is 0.705. The van der Waals surface area contributed by atoms with E-state index in [0.29, 0.717) is 25.3 Å². The van der Waals surface area contributed by atoms with Crippen LogP contribution in [-0.4, -0.2) is 42.7 Å². The zero-order chi connectivity index (χ0) is 12.8. The number of nitrogens with zero attached hydrogens (tertiary/aromatic N) is 2. The molecule has 17 heavy (non-hydrogen) atoms. The molecule has 0 aliphatic heterocycles. The molecule has 94 valence electrons. The van der Waals surface area contributed by atoms with E-state index in [-0.39, 0.29) is 11.5 Å². The molecule has 0 radical (unpaired) electrons. The first-order valence-electron chi connectivity index (χ1n) is 5.56. The molecule has 0 N–H and O–H groups in total. The van der Waals surface area contributed by atoms with Gasteiger partial charge in [0.1, 0.15) is 0 Å². The minimum atomic E-state index is -0.125. The lowest BCUT2D eigenvalue weighted by atomic mass is 10.2. The van der Waals surface area contributed by atoms with Crippen molar-refractivity contribution in [1.29, 1.82) is 0 Å². The summed E-state index contributed by atoms with van der Waals surface area (Å²) in [6, 6.07) is 2.95. The van der Waals surface area contributed by atoms with E-state index in [1.54, 1.807) is 26.4 Å². The van der Waals surface area contributed by atoms with Crippen LogP contribution in [0.25, 0.3) is 0 Å². The van der Waals surface area contributed by atoms with Crippen molar-refractivity contribution in [1.82, 2.24) is 9.47 Å². The summed E-state index contributed by atoms with van der Waals surface area (Å²) in [6.45, 7) is 3.44. The lowest BCUT2D eigenvalue weighted by Gasteiger charge is -2.12. The van der Waals surface area contributed by atoms with E-state index in [4.69, 9.17) is 4.74 Å². The lowest BCUT2D eigenvalue weighted by Crippen LogP contribution is -2.26. The van der Waals surface area contributed by atoms with Crippen LogP contribution in [0.4, 0.5) is 0 Å². The summed E-state index contributed by atoms with van der Waals surface area (Å²) in [6.07, 6.45) is 1.57. The molecule has 0 aromatic carbocycles. The second-order valence-corrected chi connectivity index (χ2v) is 3.85. The smallest absolute Gasteiger partial charge is 0.254 e. The third-order valence-electron chi connectivity index (χ3n) is 2.32. The molecule has 1 amide bonds. The van der Waals surface area contributed by atoms with Gasteiger partial charge in [-0.15, -0.1) is 0 Å². The molecule has 5 heteroatoms. The van der Waals surface area contributed by atoms with Crippen molar-refractivity contribution in [2.75, 3.05) is 27.3 Å². The SMILES string of the molecule is CCOCCn1cc(C(=O)N(C)C)ccc1=O. The molecule has 0 aliphatic carbocycles. The van der Waals surface area contributed by atoms with E-state index in [9.17, 15) is 9.59 Å². The number of ether oxygens (including phenoxy) is 1. The standard InChI is InChI=1S/C12H18N2O3/c1-4-17-8-7-14-9-10(5-6-11(14)15)12(16)13(2)3/h5-6,9H,4,7-8H2,1-3H3. The number of aromatic nitrogens is 1. The fourth-order valence-corrected chi connectivity index (χ4v) is 1.40. The van der Waals surface area contributed by atoms with Gasteiger partial charge in [-0.1, -0.05) is 0 Å². The number of carbonyl (C=O) groups excluding carboxylic acids is 1. The Hall–Kier alpha value is -1.62. The van der Waals surface area contributed by atoms with Crippen molar-refractivity contribution in [2.24, 2.45) is 0 Å². The van der Waals surface area contributed by atoms with Crippen LogP contribution in [0.15, 0.2) is 23.1 Å². The van der Waals surface area contributed by atoms with Crippen molar-refractivity contribution in [3.63, 3.8) is 0 Å². The predicted molar refractivity (Wildman–Crippen MR) is 65.2 cm³/mol. The van der Waals surface area contributed by atoms with Gasteiger partial charge in [-0.25, -0.2) is 0 Å². The largest absolute Gasteiger partial charge is 0.380 e. The molecule has 0 bridgehead atoms. The second-order valence-electron chi connectivity index (χ2n) is 3.85. The number of amides is 1. The number of carbonyl (C=O) groups is 1. The second kappa shape index (κ2) is 6.20. The number of rotatable bonds is 5. The van der Waals surface area contributed by atoms with Gasteiger partial charge in [0, 0.05) is 39.5 Å². The fraction of sp³-hybridized carbons (Fsp3) is 0.500. The molecule has 5 nitrogen and oxygen atoms in total. The highest BCUT2D eigenvalue weighted by Crippen LogP contribution is 1.99. The van der Waals surface area contributed by atoms with Gasteiger partial charge in [-0.2, -0.15) is 0 Å². The molecule has 1 aromatic rings. The van der Waals surface area contributed by atoms with Gasteiger partial charge in [0.15, 0.2) is 0 Å². The average molecular weight is 238 g/mol. The van der Waals surface area contributed by atoms with Crippen LogP contribution in [0.1, 0.15) is 17.3 Å². The maximum absolute atomic E-state index is 11.7. The van der Waals surface area contributed by atoms with E-state index in [1.807, 2.05) is 6.92 Å². The molecular formula is C12H18N2O3. The molecule has 0 aliphatic rings. The van der Waals surface area contributed by atoms with Crippen LogP contribution in [0.5, 0.6) is 0 Å². The van der Waals surface area contributed by atoms with Gasteiger partial charge in [0.2, 0.25) is 0 Å². The Balaban J connectivity index is 2.87. The Morgan fingerprint density at radius 1 is 1.41 bits per heavy atom. The summed E-state index contributed by atoms with van der Waals surface area (Å²) in [4.78, 5) is 24.7. The minimum absolute atomic E-state index is 0.116. The summed E-state index contributed by atoms with van der Waals surface area (Å²) in [7, 11) is 3.36. The van der Waals surface area contributed by atoms with Gasteiger partial charge >= 0.3 is 0 Å². The first-order chi connectivity index (χ1) is 8.06. The van der Waals surface area contributed by atoms with Crippen LogP contribution in [0, 0.1) is 0 Å². The topological polar surface area (TPSA) is 51.5 Å².